The second kappa shape index (κ2) is 14.4. The summed E-state index contributed by atoms with van der Waals surface area (Å²) in [7, 11) is -2.12. The number of nitrogens with zero attached hydrogens (tertiary/aromatic N) is 2. The number of ether oxygens (including phenoxy) is 1. The first-order valence-electron chi connectivity index (χ1n) is 12.1. The van der Waals surface area contributed by atoms with Gasteiger partial charge in [-0.3, -0.25) is 13.9 Å². The van der Waals surface area contributed by atoms with Crippen LogP contribution < -0.4 is 14.4 Å². The molecule has 0 saturated carbocycles. The van der Waals surface area contributed by atoms with Crippen LogP contribution >= 0.6 is 23.2 Å². The molecule has 204 valence electrons. The fourth-order valence-corrected chi connectivity index (χ4v) is 5.32. The average Bonchev–Trinajstić information content (AvgIpc) is 2.86. The second-order valence-electron chi connectivity index (χ2n) is 8.62. The number of rotatable bonds is 14. The topological polar surface area (TPSA) is 96.0 Å². The zero-order valence-corrected chi connectivity index (χ0v) is 24.0. The maximum atomic E-state index is 13.5. The molecule has 2 amide bonds. The number of anilines is 1. The maximum Gasteiger partial charge on any atom is 0.242 e. The summed E-state index contributed by atoms with van der Waals surface area (Å²) in [5.41, 5.74) is 1.07. The Kier molecular flexibility index (Phi) is 12.0. The molecule has 1 N–H and O–H groups in total. The minimum absolute atomic E-state index is 0.0243. The predicted octanol–water partition coefficient (Wildman–Crippen LogP) is 4.88. The first kappa shape index (κ1) is 30.7. The lowest BCUT2D eigenvalue weighted by Crippen LogP contribution is -2.49. The van der Waals surface area contributed by atoms with Crippen molar-refractivity contribution in [2.75, 3.05) is 30.8 Å². The summed E-state index contributed by atoms with van der Waals surface area (Å²) < 4.78 is 31.5. The highest BCUT2D eigenvalue weighted by Crippen LogP contribution is 2.31. The smallest absolute Gasteiger partial charge is 0.242 e. The molecule has 0 unspecified atom stereocenters. The minimum Gasteiger partial charge on any atom is -0.497 e. The van der Waals surface area contributed by atoms with E-state index in [-0.39, 0.29) is 48.5 Å². The van der Waals surface area contributed by atoms with Gasteiger partial charge in [-0.25, -0.2) is 8.42 Å². The lowest BCUT2D eigenvalue weighted by atomic mass is 10.1. The van der Waals surface area contributed by atoms with E-state index in [1.54, 1.807) is 18.1 Å². The first-order chi connectivity index (χ1) is 17.5. The Hall–Kier alpha value is -2.49. The summed E-state index contributed by atoms with van der Waals surface area (Å²) in [6.45, 7) is 4.56. The quantitative estimate of drug-likeness (QED) is 0.348. The third kappa shape index (κ3) is 9.09. The number of sulfonamides is 1. The number of halogens is 2. The molecular weight excluding hydrogens is 537 g/mol. The second-order valence-corrected chi connectivity index (χ2v) is 11.4. The lowest BCUT2D eigenvalue weighted by Gasteiger charge is -2.31. The van der Waals surface area contributed by atoms with Gasteiger partial charge in [0.15, 0.2) is 0 Å². The molecule has 0 heterocycles. The number of carbonyl (C=O) groups excluding carboxylic acids is 2. The highest BCUT2D eigenvalue weighted by atomic mass is 35.5. The predicted molar refractivity (Wildman–Crippen MR) is 149 cm³/mol. The van der Waals surface area contributed by atoms with Crippen molar-refractivity contribution >= 4 is 50.7 Å². The lowest BCUT2D eigenvalue weighted by molar-refractivity contribution is -0.141. The van der Waals surface area contributed by atoms with E-state index in [0.717, 1.165) is 22.5 Å². The number of hydrogen-bond acceptors (Lipinski definition) is 5. The number of nitrogens with one attached hydrogen (secondary N) is 1. The highest BCUT2D eigenvalue weighted by Gasteiger charge is 2.29. The van der Waals surface area contributed by atoms with E-state index in [1.165, 1.54) is 12.1 Å². The Balaban J connectivity index is 2.26. The fraction of sp³-hybridized carbons (Fsp3) is 0.462. The van der Waals surface area contributed by atoms with Crippen molar-refractivity contribution in [2.45, 2.75) is 52.1 Å². The summed E-state index contributed by atoms with van der Waals surface area (Å²) in [5.74, 6) is 0.173. The van der Waals surface area contributed by atoms with E-state index in [2.05, 4.69) is 5.32 Å². The third-order valence-electron chi connectivity index (χ3n) is 5.75. The van der Waals surface area contributed by atoms with Crippen LogP contribution in [0.4, 0.5) is 5.69 Å². The van der Waals surface area contributed by atoms with Gasteiger partial charge in [0.1, 0.15) is 11.8 Å². The van der Waals surface area contributed by atoms with E-state index in [1.807, 2.05) is 38.1 Å². The molecule has 37 heavy (non-hydrogen) atoms. The van der Waals surface area contributed by atoms with Crippen LogP contribution in [0.25, 0.3) is 0 Å². The molecule has 1 atom stereocenters. The molecule has 2 rings (SSSR count). The maximum absolute atomic E-state index is 13.5. The third-order valence-corrected chi connectivity index (χ3v) is 7.49. The van der Waals surface area contributed by atoms with Crippen molar-refractivity contribution in [1.82, 2.24) is 10.2 Å². The van der Waals surface area contributed by atoms with Gasteiger partial charge in [0, 0.05) is 31.1 Å². The van der Waals surface area contributed by atoms with Crippen molar-refractivity contribution in [2.24, 2.45) is 0 Å². The zero-order valence-electron chi connectivity index (χ0n) is 21.7. The highest BCUT2D eigenvalue weighted by molar-refractivity contribution is 7.92. The Morgan fingerprint density at radius 2 is 1.84 bits per heavy atom. The summed E-state index contributed by atoms with van der Waals surface area (Å²) in [6, 6.07) is 11.2. The van der Waals surface area contributed by atoms with Crippen LogP contribution in [0, 0.1) is 0 Å². The van der Waals surface area contributed by atoms with Gasteiger partial charge in [0.2, 0.25) is 21.8 Å². The molecule has 2 aromatic rings. The minimum atomic E-state index is -3.69. The van der Waals surface area contributed by atoms with Crippen molar-refractivity contribution in [1.29, 1.82) is 0 Å². The molecule has 0 bridgehead atoms. The molecule has 2 aromatic carbocycles. The molecule has 11 heteroatoms. The molecule has 0 aliphatic heterocycles. The van der Waals surface area contributed by atoms with Crippen LogP contribution in [-0.4, -0.2) is 57.6 Å². The van der Waals surface area contributed by atoms with Crippen molar-refractivity contribution in [3.8, 4) is 5.75 Å². The van der Waals surface area contributed by atoms with Crippen molar-refractivity contribution in [3.05, 3.63) is 58.1 Å². The SMILES string of the molecule is CCCNC(=O)[C@H](CC)N(Cc1cccc(OC)c1)C(=O)CCCN(c1cc(Cl)ccc1Cl)S(C)(=O)=O. The van der Waals surface area contributed by atoms with Gasteiger partial charge in [-0.1, -0.05) is 49.2 Å². The Labute approximate surface area is 229 Å². The fourth-order valence-electron chi connectivity index (χ4n) is 3.91. The van der Waals surface area contributed by atoms with E-state index in [4.69, 9.17) is 27.9 Å². The molecular formula is C26H35Cl2N3O5S. The Bertz CT molecular complexity index is 1180. The van der Waals surface area contributed by atoms with Gasteiger partial charge in [0.25, 0.3) is 0 Å². The number of amides is 2. The van der Waals surface area contributed by atoms with Gasteiger partial charge in [-0.15, -0.1) is 0 Å². The van der Waals surface area contributed by atoms with Crippen molar-refractivity contribution in [3.63, 3.8) is 0 Å². The molecule has 0 spiro atoms. The van der Waals surface area contributed by atoms with Crippen molar-refractivity contribution < 1.29 is 22.7 Å². The molecule has 0 aliphatic carbocycles. The Morgan fingerprint density at radius 1 is 1.11 bits per heavy atom. The number of hydrogen-bond donors (Lipinski definition) is 1. The average molecular weight is 573 g/mol. The van der Waals surface area contributed by atoms with Gasteiger partial charge in [-0.05, 0) is 55.2 Å². The molecule has 0 aromatic heterocycles. The summed E-state index contributed by atoms with van der Waals surface area (Å²) in [6.07, 6.45) is 2.53. The monoisotopic (exact) mass is 571 g/mol. The number of carbonyl (C=O) groups is 2. The van der Waals surface area contributed by atoms with Crippen LogP contribution in [0.5, 0.6) is 5.75 Å². The summed E-state index contributed by atoms with van der Waals surface area (Å²) in [4.78, 5) is 27.9. The van der Waals surface area contributed by atoms with E-state index < -0.39 is 16.1 Å². The van der Waals surface area contributed by atoms with E-state index in [9.17, 15) is 18.0 Å². The van der Waals surface area contributed by atoms with Gasteiger partial charge in [0.05, 0.1) is 24.1 Å². The van der Waals surface area contributed by atoms with Crippen LogP contribution in [0.15, 0.2) is 42.5 Å². The van der Waals surface area contributed by atoms with Gasteiger partial charge in [-0.2, -0.15) is 0 Å². The molecule has 8 nitrogen and oxygen atoms in total. The molecule has 0 fully saturated rings. The number of benzene rings is 2. The van der Waals surface area contributed by atoms with Crippen LogP contribution in [-0.2, 0) is 26.2 Å². The van der Waals surface area contributed by atoms with Crippen LogP contribution in [0.3, 0.4) is 0 Å². The van der Waals surface area contributed by atoms with Gasteiger partial charge < -0.3 is 15.0 Å². The first-order valence-corrected chi connectivity index (χ1v) is 14.7. The van der Waals surface area contributed by atoms with E-state index >= 15 is 0 Å². The molecule has 0 aliphatic rings. The van der Waals surface area contributed by atoms with E-state index in [0.29, 0.717) is 23.7 Å². The molecule has 0 radical (unpaired) electrons. The largest absolute Gasteiger partial charge is 0.497 e. The molecule has 0 saturated heterocycles. The normalized spacial score (nSPS) is 12.1. The summed E-state index contributed by atoms with van der Waals surface area (Å²) in [5, 5.41) is 3.46. The van der Waals surface area contributed by atoms with Crippen LogP contribution in [0.1, 0.15) is 45.1 Å². The standard InChI is InChI=1S/C26H35Cl2N3O5S/c1-5-14-29-26(33)23(6-2)30(18-19-9-7-10-21(16-19)36-3)25(32)11-8-15-31(37(4,34)35)24-17-20(27)12-13-22(24)28/h7,9-10,12-13,16-17,23H,5-6,8,11,14-15,18H2,1-4H3,(H,29,33)/t23-/m0/s1. The van der Waals surface area contributed by atoms with Gasteiger partial charge >= 0.3 is 0 Å². The van der Waals surface area contributed by atoms with Crippen LogP contribution in [0.2, 0.25) is 10.0 Å². The number of methoxy groups -OCH3 is 1. The zero-order chi connectivity index (χ0) is 27.6. The summed E-state index contributed by atoms with van der Waals surface area (Å²) >= 11 is 12.3. The Morgan fingerprint density at radius 3 is 2.46 bits per heavy atom.